The van der Waals surface area contributed by atoms with Crippen molar-refractivity contribution in [2.45, 2.75) is 0 Å². The lowest BCUT2D eigenvalue weighted by molar-refractivity contribution is -0.119. The van der Waals surface area contributed by atoms with Crippen LogP contribution in [0.2, 0.25) is 0 Å². The molecule has 134 valence electrons. The van der Waals surface area contributed by atoms with Crippen LogP contribution in [-0.2, 0) is 9.53 Å². The summed E-state index contributed by atoms with van der Waals surface area (Å²) in [4.78, 5) is 15.6. The SMILES string of the molecule is COc1cc(F)ccc1C1=CCOC2=C1C=CC(C(=O)N=C(N)N)C=C2. The van der Waals surface area contributed by atoms with Gasteiger partial charge in [-0.3, -0.25) is 4.79 Å². The number of carbonyl (C=O) groups is 1. The third-order valence-corrected chi connectivity index (χ3v) is 3.99. The molecule has 0 saturated heterocycles. The predicted octanol–water partition coefficient (Wildman–Crippen LogP) is 2.04. The average Bonchev–Trinajstić information content (AvgIpc) is 2.83. The Labute approximate surface area is 150 Å². The minimum Gasteiger partial charge on any atom is -0.496 e. The van der Waals surface area contributed by atoms with Crippen LogP contribution in [0.4, 0.5) is 4.39 Å². The van der Waals surface area contributed by atoms with E-state index in [1.165, 1.54) is 19.2 Å². The molecule has 0 bridgehead atoms. The molecular formula is C19H18FN3O3. The van der Waals surface area contributed by atoms with Gasteiger partial charge in [-0.1, -0.05) is 18.2 Å². The van der Waals surface area contributed by atoms with E-state index in [0.29, 0.717) is 18.1 Å². The molecule has 0 aromatic heterocycles. The highest BCUT2D eigenvalue weighted by molar-refractivity contribution is 5.95. The molecule has 1 heterocycles. The van der Waals surface area contributed by atoms with E-state index in [2.05, 4.69) is 4.99 Å². The summed E-state index contributed by atoms with van der Waals surface area (Å²) in [5.74, 6) is -0.729. The van der Waals surface area contributed by atoms with E-state index in [1.54, 1.807) is 30.4 Å². The van der Waals surface area contributed by atoms with Gasteiger partial charge in [0, 0.05) is 17.2 Å². The van der Waals surface area contributed by atoms with Crippen molar-refractivity contribution in [3.63, 3.8) is 0 Å². The van der Waals surface area contributed by atoms with Gasteiger partial charge in [0.15, 0.2) is 5.96 Å². The molecule has 0 saturated carbocycles. The van der Waals surface area contributed by atoms with E-state index in [1.807, 2.05) is 6.08 Å². The molecule has 7 heteroatoms. The molecule has 1 aromatic carbocycles. The standard InChI is InChI=1S/C19H18FN3O3/c1-25-17-10-12(20)4-6-15(17)13-8-9-26-16-7-3-11(2-5-14(13)16)18(24)23-19(21)22/h2-8,10-11H,9H2,1H3,(H4,21,22,23,24). The number of guanidine groups is 1. The smallest absolute Gasteiger partial charge is 0.259 e. The van der Waals surface area contributed by atoms with Crippen molar-refractivity contribution in [3.05, 3.63) is 71.3 Å². The van der Waals surface area contributed by atoms with E-state index >= 15 is 0 Å². The molecule has 3 rings (SSSR count). The Morgan fingerprint density at radius 2 is 2.08 bits per heavy atom. The number of aliphatic imine (C=N–C) groups is 1. The van der Waals surface area contributed by atoms with Gasteiger partial charge < -0.3 is 20.9 Å². The summed E-state index contributed by atoms with van der Waals surface area (Å²) in [5, 5.41) is 0. The second kappa shape index (κ2) is 7.26. The first kappa shape index (κ1) is 17.5. The normalized spacial score (nSPS) is 18.4. The molecular weight excluding hydrogens is 337 g/mol. The molecule has 0 radical (unpaired) electrons. The largest absolute Gasteiger partial charge is 0.496 e. The van der Waals surface area contributed by atoms with Gasteiger partial charge in [-0.15, -0.1) is 0 Å². The number of hydrogen-bond acceptors (Lipinski definition) is 3. The van der Waals surface area contributed by atoms with Gasteiger partial charge in [0.1, 0.15) is 23.9 Å². The van der Waals surface area contributed by atoms with Crippen molar-refractivity contribution in [2.24, 2.45) is 22.4 Å². The number of carbonyl (C=O) groups excluding carboxylic acids is 1. The lowest BCUT2D eigenvalue weighted by Gasteiger charge is -2.20. The molecule has 1 aliphatic heterocycles. The number of rotatable bonds is 3. The minimum absolute atomic E-state index is 0.286. The number of methoxy groups -OCH3 is 1. The van der Waals surface area contributed by atoms with E-state index in [0.717, 1.165) is 16.7 Å². The maximum absolute atomic E-state index is 13.5. The Morgan fingerprint density at radius 3 is 2.81 bits per heavy atom. The van der Waals surface area contributed by atoms with E-state index in [9.17, 15) is 9.18 Å². The quantitative estimate of drug-likeness (QED) is 0.638. The Hall–Kier alpha value is -3.35. The van der Waals surface area contributed by atoms with Crippen molar-refractivity contribution in [3.8, 4) is 5.75 Å². The second-order valence-electron chi connectivity index (χ2n) is 5.67. The van der Waals surface area contributed by atoms with Gasteiger partial charge >= 0.3 is 0 Å². The lowest BCUT2D eigenvalue weighted by atomic mass is 9.94. The topological polar surface area (TPSA) is 99.9 Å². The summed E-state index contributed by atoms with van der Waals surface area (Å²) in [7, 11) is 1.49. The van der Waals surface area contributed by atoms with Crippen LogP contribution >= 0.6 is 0 Å². The maximum Gasteiger partial charge on any atom is 0.259 e. The third-order valence-electron chi connectivity index (χ3n) is 3.99. The summed E-state index contributed by atoms with van der Waals surface area (Å²) in [6.45, 7) is 0.347. The van der Waals surface area contributed by atoms with Crippen LogP contribution < -0.4 is 16.2 Å². The van der Waals surface area contributed by atoms with Crippen LogP contribution in [0.1, 0.15) is 5.56 Å². The second-order valence-corrected chi connectivity index (χ2v) is 5.67. The number of amides is 1. The van der Waals surface area contributed by atoms with Crippen LogP contribution in [0.3, 0.4) is 0 Å². The molecule has 1 atom stereocenters. The van der Waals surface area contributed by atoms with Gasteiger partial charge in [0.2, 0.25) is 0 Å². The van der Waals surface area contributed by atoms with Crippen LogP contribution in [0.5, 0.6) is 5.75 Å². The highest BCUT2D eigenvalue weighted by Crippen LogP contribution is 2.37. The summed E-state index contributed by atoms with van der Waals surface area (Å²) < 4.78 is 24.5. The molecule has 1 aliphatic carbocycles. The average molecular weight is 355 g/mol. The predicted molar refractivity (Wildman–Crippen MR) is 96.5 cm³/mol. The highest BCUT2D eigenvalue weighted by atomic mass is 19.1. The van der Waals surface area contributed by atoms with Crippen LogP contribution in [0.15, 0.2) is 64.9 Å². The highest BCUT2D eigenvalue weighted by Gasteiger charge is 2.22. The van der Waals surface area contributed by atoms with Crippen molar-refractivity contribution in [2.75, 3.05) is 13.7 Å². The monoisotopic (exact) mass is 355 g/mol. The van der Waals surface area contributed by atoms with Gasteiger partial charge in [-0.2, -0.15) is 4.99 Å². The Balaban J connectivity index is 1.99. The number of benzene rings is 1. The van der Waals surface area contributed by atoms with Crippen LogP contribution in [0.25, 0.3) is 5.57 Å². The summed E-state index contributed by atoms with van der Waals surface area (Å²) >= 11 is 0. The number of nitrogens with two attached hydrogens (primary N) is 2. The van der Waals surface area contributed by atoms with E-state index in [4.69, 9.17) is 20.9 Å². The zero-order valence-electron chi connectivity index (χ0n) is 14.1. The van der Waals surface area contributed by atoms with Crippen molar-refractivity contribution < 1.29 is 18.7 Å². The molecule has 0 fully saturated rings. The van der Waals surface area contributed by atoms with E-state index in [-0.39, 0.29) is 11.8 Å². The fraction of sp³-hybridized carbons (Fsp3) is 0.158. The zero-order valence-corrected chi connectivity index (χ0v) is 14.1. The van der Waals surface area contributed by atoms with Gasteiger partial charge in [0.05, 0.1) is 13.0 Å². The first-order valence-electron chi connectivity index (χ1n) is 7.91. The molecule has 4 N–H and O–H groups in total. The Bertz CT molecular complexity index is 893. The fourth-order valence-corrected chi connectivity index (χ4v) is 2.81. The molecule has 6 nitrogen and oxygen atoms in total. The van der Waals surface area contributed by atoms with Gasteiger partial charge in [-0.25, -0.2) is 4.39 Å². The lowest BCUT2D eigenvalue weighted by Crippen LogP contribution is -2.25. The van der Waals surface area contributed by atoms with Crippen molar-refractivity contribution >= 4 is 17.4 Å². The summed E-state index contributed by atoms with van der Waals surface area (Å²) in [6.07, 6.45) is 8.71. The van der Waals surface area contributed by atoms with Crippen LogP contribution in [-0.4, -0.2) is 25.6 Å². The number of allylic oxidation sites excluding steroid dienone is 4. The third kappa shape index (κ3) is 3.51. The minimum atomic E-state index is -0.609. The zero-order chi connectivity index (χ0) is 18.7. The molecule has 1 unspecified atom stereocenters. The molecule has 26 heavy (non-hydrogen) atoms. The fourth-order valence-electron chi connectivity index (χ4n) is 2.81. The molecule has 0 spiro atoms. The molecule has 1 aromatic rings. The van der Waals surface area contributed by atoms with Gasteiger partial charge in [-0.05, 0) is 29.9 Å². The Morgan fingerprint density at radius 1 is 1.31 bits per heavy atom. The first-order valence-corrected chi connectivity index (χ1v) is 7.91. The molecule has 2 aliphatic rings. The number of hydrogen-bond donors (Lipinski definition) is 2. The van der Waals surface area contributed by atoms with Crippen molar-refractivity contribution in [1.29, 1.82) is 0 Å². The summed E-state index contributed by atoms with van der Waals surface area (Å²) in [5.41, 5.74) is 12.9. The number of ether oxygens (including phenoxy) is 2. The van der Waals surface area contributed by atoms with Crippen molar-refractivity contribution in [1.82, 2.24) is 0 Å². The summed E-state index contributed by atoms with van der Waals surface area (Å²) in [6, 6.07) is 4.35. The Kier molecular flexibility index (Phi) is 4.88. The molecule has 1 amide bonds. The first-order chi connectivity index (χ1) is 12.5. The number of nitrogens with zero attached hydrogens (tertiary/aromatic N) is 1. The van der Waals surface area contributed by atoms with Crippen LogP contribution in [0, 0.1) is 11.7 Å². The van der Waals surface area contributed by atoms with E-state index < -0.39 is 11.8 Å². The van der Waals surface area contributed by atoms with Gasteiger partial charge in [0.25, 0.3) is 5.91 Å². The number of halogens is 1. The maximum atomic E-state index is 13.5.